The van der Waals surface area contributed by atoms with Gasteiger partial charge in [-0.05, 0) is 33.1 Å². The van der Waals surface area contributed by atoms with Crippen LogP contribution in [-0.2, 0) is 23.9 Å². The maximum absolute atomic E-state index is 9.81. The van der Waals surface area contributed by atoms with Crippen molar-refractivity contribution in [3.8, 4) is 0 Å². The molecule has 0 aromatic carbocycles. The van der Waals surface area contributed by atoms with Crippen molar-refractivity contribution >= 4 is 19.0 Å². The van der Waals surface area contributed by atoms with Gasteiger partial charge >= 0.3 is 35.5 Å². The predicted octanol–water partition coefficient (Wildman–Crippen LogP) is -0.678. The van der Waals surface area contributed by atoms with Gasteiger partial charge in [-0.25, -0.2) is 4.79 Å². The Balaban J connectivity index is -0.0000000612. The van der Waals surface area contributed by atoms with Crippen molar-refractivity contribution in [2.24, 2.45) is 0 Å². The van der Waals surface area contributed by atoms with Crippen LogP contribution in [0, 0.1) is 7.43 Å². The SMILES string of the molecule is C1=CCCC1.C=O.COC(C)C.COC(C=O)C(=O)O.[CH3-].[Na+]. The van der Waals surface area contributed by atoms with E-state index in [1.54, 1.807) is 7.11 Å². The third-order valence-electron chi connectivity index (χ3n) is 2.00. The Morgan fingerprint density at radius 1 is 1.18 bits per heavy atom. The molecule has 0 aromatic heterocycles. The second-order valence-electron chi connectivity index (χ2n) is 3.82. The van der Waals surface area contributed by atoms with Crippen LogP contribution < -0.4 is 29.6 Å². The molecule has 0 heterocycles. The summed E-state index contributed by atoms with van der Waals surface area (Å²) in [5.74, 6) is -1.26. The minimum absolute atomic E-state index is 0. The molecule has 0 saturated carbocycles. The molecule has 7 heteroatoms. The van der Waals surface area contributed by atoms with Crippen LogP contribution in [-0.4, -0.2) is 50.6 Å². The van der Waals surface area contributed by atoms with Crippen molar-refractivity contribution in [3.05, 3.63) is 19.6 Å². The van der Waals surface area contributed by atoms with Gasteiger partial charge in [-0.15, -0.1) is 0 Å². The molecule has 1 aliphatic rings. The zero-order chi connectivity index (χ0) is 16.4. The zero-order valence-corrected chi connectivity index (χ0v) is 16.7. The fraction of sp³-hybridized carbons (Fsp3) is 0.600. The van der Waals surface area contributed by atoms with Crippen LogP contribution in [0.3, 0.4) is 0 Å². The van der Waals surface area contributed by atoms with Crippen LogP contribution >= 0.6 is 0 Å². The molecule has 0 spiro atoms. The number of carboxylic acid groups (broad SMARTS) is 1. The van der Waals surface area contributed by atoms with E-state index in [4.69, 9.17) is 14.6 Å². The Kier molecular flexibility index (Phi) is 43.1. The Labute approximate surface area is 156 Å². The standard InChI is InChI=1S/C5H8.C4H6O4.C4H10O.CH2O.CH3.Na/c1-2-4-5-3-1;1-8-3(2-5)4(6)7;1-4(2)5-3;1-2;;/h1-2H,3-5H2;2-3H,1H3,(H,6,7);4H,1-3H3;1H2;1H3;/q;;;;-1;+1. The van der Waals surface area contributed by atoms with Gasteiger partial charge in [0.25, 0.3) is 0 Å². The molecule has 1 atom stereocenters. The van der Waals surface area contributed by atoms with Crippen LogP contribution in [0.5, 0.6) is 0 Å². The molecule has 0 fully saturated rings. The number of aldehydes is 1. The summed E-state index contributed by atoms with van der Waals surface area (Å²) in [5.41, 5.74) is 0. The topological polar surface area (TPSA) is 89.9 Å². The van der Waals surface area contributed by atoms with E-state index in [0.29, 0.717) is 6.10 Å². The van der Waals surface area contributed by atoms with Gasteiger partial charge in [0.2, 0.25) is 6.10 Å². The molecule has 1 aliphatic carbocycles. The molecule has 0 amide bonds. The second-order valence-corrected chi connectivity index (χ2v) is 3.82. The molecule has 6 nitrogen and oxygen atoms in total. The summed E-state index contributed by atoms with van der Waals surface area (Å²) >= 11 is 0. The Morgan fingerprint density at radius 2 is 1.55 bits per heavy atom. The molecule has 126 valence electrons. The van der Waals surface area contributed by atoms with E-state index in [1.165, 1.54) is 19.3 Å². The third kappa shape index (κ3) is 31.7. The van der Waals surface area contributed by atoms with Crippen LogP contribution in [0.25, 0.3) is 0 Å². The molecule has 0 bridgehead atoms. The Bertz CT molecular complexity index is 250. The van der Waals surface area contributed by atoms with Gasteiger partial charge in [-0.3, -0.25) is 4.79 Å². The predicted molar refractivity (Wildman–Crippen MR) is 83.2 cm³/mol. The van der Waals surface area contributed by atoms with Crippen LogP contribution in [0.1, 0.15) is 33.1 Å². The van der Waals surface area contributed by atoms with Crippen LogP contribution in [0.15, 0.2) is 12.2 Å². The molecular weight excluding hydrogens is 299 g/mol. The first kappa shape index (κ1) is 33.2. The summed E-state index contributed by atoms with van der Waals surface area (Å²) in [6.45, 7) is 6.00. The molecule has 0 radical (unpaired) electrons. The van der Waals surface area contributed by atoms with Crippen LogP contribution in [0.2, 0.25) is 0 Å². The minimum Gasteiger partial charge on any atom is -0.479 e. The zero-order valence-electron chi connectivity index (χ0n) is 14.7. The van der Waals surface area contributed by atoms with E-state index in [-0.39, 0.29) is 43.3 Å². The first-order chi connectivity index (χ1) is 9.49. The number of carbonyl (C=O) groups is 3. The number of carboxylic acids is 1. The Hall–Kier alpha value is -0.530. The van der Waals surface area contributed by atoms with Gasteiger partial charge in [0, 0.05) is 14.2 Å². The Morgan fingerprint density at radius 3 is 1.59 bits per heavy atom. The number of carbonyl (C=O) groups excluding carboxylic acids is 2. The van der Waals surface area contributed by atoms with Crippen LogP contribution in [0.4, 0.5) is 0 Å². The average Bonchev–Trinajstić information content (AvgIpc) is 3.02. The molecule has 1 unspecified atom stereocenters. The van der Waals surface area contributed by atoms with Gasteiger partial charge in [-0.1, -0.05) is 12.2 Å². The largest absolute Gasteiger partial charge is 1.00 e. The monoisotopic (exact) mass is 328 g/mol. The first-order valence-corrected chi connectivity index (χ1v) is 6.17. The summed E-state index contributed by atoms with van der Waals surface area (Å²) in [6.07, 6.45) is 7.80. The van der Waals surface area contributed by atoms with E-state index in [9.17, 15) is 9.59 Å². The number of ether oxygens (including phenoxy) is 2. The van der Waals surface area contributed by atoms with Crippen molar-refractivity contribution in [2.45, 2.75) is 45.3 Å². The van der Waals surface area contributed by atoms with Crippen molar-refractivity contribution < 1.29 is 58.5 Å². The normalized spacial score (nSPS) is 11.7. The number of hydrogen-bond acceptors (Lipinski definition) is 5. The van der Waals surface area contributed by atoms with E-state index in [0.717, 1.165) is 7.11 Å². The first-order valence-electron chi connectivity index (χ1n) is 6.17. The van der Waals surface area contributed by atoms with Crippen molar-refractivity contribution in [2.75, 3.05) is 14.2 Å². The smallest absolute Gasteiger partial charge is 0.479 e. The van der Waals surface area contributed by atoms with E-state index >= 15 is 0 Å². The molecule has 0 aliphatic heterocycles. The van der Waals surface area contributed by atoms with E-state index in [1.807, 2.05) is 20.6 Å². The number of allylic oxidation sites excluding steroid dienone is 2. The van der Waals surface area contributed by atoms with Gasteiger partial charge in [-0.2, -0.15) is 0 Å². The van der Waals surface area contributed by atoms with Crippen molar-refractivity contribution in [1.29, 1.82) is 0 Å². The third-order valence-corrected chi connectivity index (χ3v) is 2.00. The molecule has 0 aromatic rings. The second kappa shape index (κ2) is 28.6. The number of rotatable bonds is 4. The fourth-order valence-electron chi connectivity index (χ4n) is 0.804. The number of methoxy groups -OCH3 is 2. The summed E-state index contributed by atoms with van der Waals surface area (Å²) in [5, 5.41) is 8.02. The minimum atomic E-state index is -1.31. The number of hydrogen-bond donors (Lipinski definition) is 1. The summed E-state index contributed by atoms with van der Waals surface area (Å²) in [4.78, 5) is 27.5. The quantitative estimate of drug-likeness (QED) is 0.242. The number of aliphatic carboxylic acids is 1. The van der Waals surface area contributed by atoms with Gasteiger partial charge in [0.15, 0.2) is 6.29 Å². The average molecular weight is 328 g/mol. The maximum atomic E-state index is 9.81. The summed E-state index contributed by atoms with van der Waals surface area (Å²) in [7, 11) is 2.86. The van der Waals surface area contributed by atoms with Gasteiger partial charge in [0.05, 0.1) is 6.10 Å². The molecule has 0 saturated heterocycles. The van der Waals surface area contributed by atoms with Gasteiger partial charge < -0.3 is 26.8 Å². The van der Waals surface area contributed by atoms with E-state index < -0.39 is 12.1 Å². The maximum Gasteiger partial charge on any atom is 1.00 e. The molecule has 1 N–H and O–H groups in total. The molecule has 22 heavy (non-hydrogen) atoms. The summed E-state index contributed by atoms with van der Waals surface area (Å²) < 4.78 is 8.94. The fourth-order valence-corrected chi connectivity index (χ4v) is 0.804. The van der Waals surface area contributed by atoms with E-state index in [2.05, 4.69) is 16.9 Å². The molecule has 1 rings (SSSR count). The van der Waals surface area contributed by atoms with Gasteiger partial charge in [0.1, 0.15) is 6.79 Å². The summed E-state index contributed by atoms with van der Waals surface area (Å²) in [6, 6.07) is 0. The van der Waals surface area contributed by atoms with Crippen molar-refractivity contribution in [3.63, 3.8) is 0 Å². The molecular formula is C15H29NaO6. The van der Waals surface area contributed by atoms with Crippen molar-refractivity contribution in [1.82, 2.24) is 0 Å².